The molecule has 0 bridgehead atoms. The van der Waals surface area contributed by atoms with Crippen LogP contribution in [0.2, 0.25) is 0 Å². The molecule has 3 amide bonds. The number of carbonyl (C=O) groups excluding carboxylic acids is 3. The maximum Gasteiger partial charge on any atom is 0.410 e. The summed E-state index contributed by atoms with van der Waals surface area (Å²) < 4.78 is 8.36. The van der Waals surface area contributed by atoms with Crippen molar-refractivity contribution in [3.05, 3.63) is 34.2 Å². The highest BCUT2D eigenvalue weighted by atomic mass is 16.6. The molecule has 11 heteroatoms. The zero-order valence-corrected chi connectivity index (χ0v) is 22.4. The maximum absolute atomic E-state index is 13.0. The molecule has 1 unspecified atom stereocenters. The van der Waals surface area contributed by atoms with Gasteiger partial charge in [-0.25, -0.2) is 9.59 Å². The monoisotopic (exact) mass is 528 g/mol. The second-order valence-electron chi connectivity index (χ2n) is 11.4. The number of likely N-dealkylation sites (tertiary alicyclic amines) is 1. The van der Waals surface area contributed by atoms with Crippen LogP contribution in [-0.2, 0) is 32.6 Å². The minimum absolute atomic E-state index is 0.179. The molecule has 2 aliphatic rings. The van der Waals surface area contributed by atoms with E-state index < -0.39 is 35.0 Å². The third-order valence-electron chi connectivity index (χ3n) is 7.62. The van der Waals surface area contributed by atoms with E-state index in [0.29, 0.717) is 56.2 Å². The SMILES string of the molecule is Cn1c(=O)n(C2CCC(=O)NC2=O)c2ccc(CCCC3(C(=O)O)CCN(C(=O)OC(C)(C)C)CC3)cc21. The number of amides is 3. The van der Waals surface area contributed by atoms with E-state index in [9.17, 15) is 29.1 Å². The summed E-state index contributed by atoms with van der Waals surface area (Å²) in [6.45, 7) is 6.08. The predicted octanol–water partition coefficient (Wildman–Crippen LogP) is 2.74. The molecule has 2 aromatic rings. The topological polar surface area (TPSA) is 140 Å². The van der Waals surface area contributed by atoms with Gasteiger partial charge in [0.05, 0.1) is 16.4 Å². The van der Waals surface area contributed by atoms with E-state index in [-0.39, 0.29) is 24.4 Å². The first-order valence-electron chi connectivity index (χ1n) is 13.1. The zero-order valence-electron chi connectivity index (χ0n) is 22.4. The smallest absolute Gasteiger partial charge is 0.410 e. The number of hydrogen-bond donors (Lipinski definition) is 2. The number of carboxylic acids is 1. The number of aliphatic carboxylic acids is 1. The van der Waals surface area contributed by atoms with Crippen molar-refractivity contribution >= 4 is 34.9 Å². The van der Waals surface area contributed by atoms with Crippen molar-refractivity contribution in [2.24, 2.45) is 12.5 Å². The van der Waals surface area contributed by atoms with Gasteiger partial charge in [-0.05, 0) is 77.0 Å². The van der Waals surface area contributed by atoms with Crippen molar-refractivity contribution in [3.8, 4) is 0 Å². The van der Waals surface area contributed by atoms with Crippen molar-refractivity contribution in [2.45, 2.75) is 77.4 Å². The highest BCUT2D eigenvalue weighted by Crippen LogP contribution is 2.37. The molecule has 2 N–H and O–H groups in total. The summed E-state index contributed by atoms with van der Waals surface area (Å²) in [5.74, 6) is -1.66. The molecule has 1 aromatic heterocycles. The molecule has 0 spiro atoms. The van der Waals surface area contributed by atoms with Crippen LogP contribution < -0.4 is 11.0 Å². The number of carboxylic acid groups (broad SMARTS) is 1. The van der Waals surface area contributed by atoms with Gasteiger partial charge in [-0.15, -0.1) is 0 Å². The molecule has 0 aliphatic carbocycles. The average molecular weight is 529 g/mol. The molecule has 2 fully saturated rings. The fourth-order valence-corrected chi connectivity index (χ4v) is 5.44. The summed E-state index contributed by atoms with van der Waals surface area (Å²) in [5, 5.41) is 12.3. The van der Waals surface area contributed by atoms with E-state index in [1.807, 2.05) is 18.2 Å². The van der Waals surface area contributed by atoms with E-state index in [1.165, 1.54) is 9.13 Å². The minimum atomic E-state index is -0.898. The van der Waals surface area contributed by atoms with Gasteiger partial charge in [0.25, 0.3) is 0 Å². The quantitative estimate of drug-likeness (QED) is 0.550. The van der Waals surface area contributed by atoms with Gasteiger partial charge in [0, 0.05) is 26.6 Å². The number of carbonyl (C=O) groups is 4. The van der Waals surface area contributed by atoms with Crippen LogP contribution in [0.5, 0.6) is 0 Å². The maximum atomic E-state index is 13.0. The highest BCUT2D eigenvalue weighted by Gasteiger charge is 2.42. The summed E-state index contributed by atoms with van der Waals surface area (Å²) in [6, 6.07) is 4.86. The number of ether oxygens (including phenoxy) is 1. The summed E-state index contributed by atoms with van der Waals surface area (Å²) >= 11 is 0. The highest BCUT2D eigenvalue weighted by molar-refractivity contribution is 6.00. The van der Waals surface area contributed by atoms with Crippen molar-refractivity contribution < 1.29 is 29.0 Å². The number of nitrogens with zero attached hydrogens (tertiary/aromatic N) is 3. The van der Waals surface area contributed by atoms with Gasteiger partial charge in [-0.1, -0.05) is 6.07 Å². The molecule has 0 radical (unpaired) electrons. The normalized spacial score (nSPS) is 19.9. The fourth-order valence-electron chi connectivity index (χ4n) is 5.44. The van der Waals surface area contributed by atoms with Crippen LogP contribution in [0.25, 0.3) is 11.0 Å². The van der Waals surface area contributed by atoms with Crippen molar-refractivity contribution in [3.63, 3.8) is 0 Å². The predicted molar refractivity (Wildman–Crippen MR) is 139 cm³/mol. The number of nitrogens with one attached hydrogen (secondary N) is 1. The second-order valence-corrected chi connectivity index (χ2v) is 11.4. The number of hydrogen-bond acceptors (Lipinski definition) is 6. The van der Waals surface area contributed by atoms with E-state index in [1.54, 1.807) is 32.7 Å². The number of imidazole rings is 1. The van der Waals surface area contributed by atoms with Crippen LogP contribution in [0.1, 0.15) is 70.9 Å². The number of aromatic nitrogens is 2. The number of rotatable bonds is 6. The van der Waals surface area contributed by atoms with Crippen molar-refractivity contribution in [1.82, 2.24) is 19.4 Å². The Kier molecular flexibility index (Phi) is 7.40. The summed E-state index contributed by atoms with van der Waals surface area (Å²) in [6.07, 6.45) is 2.49. The van der Waals surface area contributed by atoms with Crippen LogP contribution in [-0.4, -0.2) is 61.7 Å². The second kappa shape index (κ2) is 10.3. The first kappa shape index (κ1) is 27.4. The molecular formula is C27H36N4O7. The number of imide groups is 1. The van der Waals surface area contributed by atoms with E-state index in [4.69, 9.17) is 4.74 Å². The third kappa shape index (κ3) is 5.46. The Morgan fingerprint density at radius 1 is 1.13 bits per heavy atom. The number of aryl methyl sites for hydroxylation is 2. The summed E-state index contributed by atoms with van der Waals surface area (Å²) in [5.41, 5.74) is 0.424. The lowest BCUT2D eigenvalue weighted by atomic mass is 9.74. The van der Waals surface area contributed by atoms with E-state index in [0.717, 1.165) is 5.56 Å². The molecule has 3 heterocycles. The molecule has 0 saturated carbocycles. The van der Waals surface area contributed by atoms with Gasteiger partial charge in [-0.3, -0.25) is 28.8 Å². The Hall–Kier alpha value is -3.63. The van der Waals surface area contributed by atoms with Gasteiger partial charge in [0.1, 0.15) is 11.6 Å². The van der Waals surface area contributed by atoms with Gasteiger partial charge in [0.15, 0.2) is 0 Å². The van der Waals surface area contributed by atoms with Gasteiger partial charge in [-0.2, -0.15) is 0 Å². The van der Waals surface area contributed by atoms with Crippen LogP contribution in [0.4, 0.5) is 4.79 Å². The molecule has 38 heavy (non-hydrogen) atoms. The lowest BCUT2D eigenvalue weighted by molar-refractivity contribution is -0.152. The average Bonchev–Trinajstić information content (AvgIpc) is 3.08. The van der Waals surface area contributed by atoms with E-state index in [2.05, 4.69) is 5.32 Å². The minimum Gasteiger partial charge on any atom is -0.481 e. The third-order valence-corrected chi connectivity index (χ3v) is 7.62. The van der Waals surface area contributed by atoms with Crippen LogP contribution in [0.15, 0.2) is 23.0 Å². The zero-order chi connectivity index (χ0) is 27.8. The Bertz CT molecular complexity index is 1330. The molecule has 1 atom stereocenters. The van der Waals surface area contributed by atoms with Gasteiger partial charge >= 0.3 is 17.8 Å². The number of benzene rings is 1. The van der Waals surface area contributed by atoms with Gasteiger partial charge in [0.2, 0.25) is 11.8 Å². The number of piperidine rings is 2. The Labute approximate surface area is 220 Å². The molecule has 206 valence electrons. The Morgan fingerprint density at radius 3 is 2.42 bits per heavy atom. The standard InChI is InChI=1S/C27H36N4O7/c1-26(2,3)38-25(37)30-14-12-27(13-15-30,23(34)35)11-5-6-17-7-8-18-20(16-17)29(4)24(36)31(18)19-9-10-21(32)28-22(19)33/h7-8,16,19H,5-6,9-15H2,1-4H3,(H,34,35)(H,28,32,33). The molecule has 1 aromatic carbocycles. The van der Waals surface area contributed by atoms with Crippen LogP contribution in [0, 0.1) is 5.41 Å². The Morgan fingerprint density at radius 2 is 1.82 bits per heavy atom. The molecule has 2 aliphatic heterocycles. The van der Waals surface area contributed by atoms with Crippen LogP contribution in [0.3, 0.4) is 0 Å². The fraction of sp³-hybridized carbons (Fsp3) is 0.593. The van der Waals surface area contributed by atoms with Crippen molar-refractivity contribution in [2.75, 3.05) is 13.1 Å². The molecule has 11 nitrogen and oxygen atoms in total. The van der Waals surface area contributed by atoms with Gasteiger partial charge < -0.3 is 14.7 Å². The molecule has 2 saturated heterocycles. The summed E-state index contributed by atoms with van der Waals surface area (Å²) in [7, 11) is 1.65. The lowest BCUT2D eigenvalue weighted by Gasteiger charge is -2.39. The number of fused-ring (bicyclic) bond motifs is 1. The molecule has 4 rings (SSSR count). The first-order valence-corrected chi connectivity index (χ1v) is 13.1. The molecular weight excluding hydrogens is 492 g/mol. The first-order chi connectivity index (χ1) is 17.8. The largest absolute Gasteiger partial charge is 0.481 e. The van der Waals surface area contributed by atoms with E-state index >= 15 is 0 Å². The van der Waals surface area contributed by atoms with Crippen LogP contribution >= 0.6 is 0 Å². The lowest BCUT2D eigenvalue weighted by Crippen LogP contribution is -2.48. The summed E-state index contributed by atoms with van der Waals surface area (Å²) in [4.78, 5) is 63.1. The van der Waals surface area contributed by atoms with Crippen molar-refractivity contribution in [1.29, 1.82) is 0 Å². The Balaban J connectivity index is 1.43.